The monoisotopic (exact) mass is 214 g/mol. The van der Waals surface area contributed by atoms with E-state index < -0.39 is 0 Å². The summed E-state index contributed by atoms with van der Waals surface area (Å²) < 4.78 is 10.3. The first-order valence-electron chi connectivity index (χ1n) is 4.58. The fourth-order valence-electron chi connectivity index (χ4n) is 1.25. The summed E-state index contributed by atoms with van der Waals surface area (Å²) in [5, 5.41) is 11.3. The molecular formula is C10H6N4O2. The van der Waals surface area contributed by atoms with Gasteiger partial charge in [-0.1, -0.05) is 5.16 Å². The van der Waals surface area contributed by atoms with Crippen LogP contribution in [0.3, 0.4) is 0 Å². The van der Waals surface area contributed by atoms with Crippen LogP contribution >= 0.6 is 0 Å². The third-order valence-corrected chi connectivity index (χ3v) is 1.98. The second-order valence-corrected chi connectivity index (χ2v) is 3.03. The van der Waals surface area contributed by atoms with Crippen molar-refractivity contribution in [3.63, 3.8) is 0 Å². The Labute approximate surface area is 89.9 Å². The predicted molar refractivity (Wildman–Crippen MR) is 53.0 cm³/mol. The first kappa shape index (κ1) is 8.78. The van der Waals surface area contributed by atoms with Crippen LogP contribution in [0.5, 0.6) is 0 Å². The summed E-state index contributed by atoms with van der Waals surface area (Å²) in [6.45, 7) is 0. The van der Waals surface area contributed by atoms with E-state index in [1.54, 1.807) is 24.5 Å². The summed E-state index contributed by atoms with van der Waals surface area (Å²) in [6, 6.07) is 5.29. The summed E-state index contributed by atoms with van der Waals surface area (Å²) in [5.41, 5.74) is 0.765. The maximum atomic E-state index is 5.42. The Kier molecular flexibility index (Phi) is 1.96. The molecule has 0 N–H and O–H groups in total. The molecule has 0 aromatic carbocycles. The number of nitrogens with zero attached hydrogens (tertiary/aromatic N) is 4. The molecule has 0 spiro atoms. The number of hydrogen-bond donors (Lipinski definition) is 0. The molecule has 16 heavy (non-hydrogen) atoms. The topological polar surface area (TPSA) is 77.8 Å². The van der Waals surface area contributed by atoms with Crippen LogP contribution in [0.1, 0.15) is 0 Å². The molecule has 0 unspecified atom stereocenters. The lowest BCUT2D eigenvalue weighted by atomic mass is 10.3. The molecule has 0 aliphatic carbocycles. The lowest BCUT2D eigenvalue weighted by molar-refractivity contribution is 0.416. The first-order chi connectivity index (χ1) is 7.93. The molecule has 3 aromatic rings. The SMILES string of the molecule is c1cncc(-c2nnc(-c3ccno3)o2)c1. The second kappa shape index (κ2) is 3.58. The largest absolute Gasteiger partial charge is 0.413 e. The average Bonchev–Trinajstić information content (AvgIpc) is 3.01. The Morgan fingerprint density at radius 2 is 1.94 bits per heavy atom. The van der Waals surface area contributed by atoms with Crippen LogP contribution in [0.25, 0.3) is 23.1 Å². The highest BCUT2D eigenvalue weighted by Gasteiger charge is 2.12. The number of aromatic nitrogens is 4. The number of hydrogen-bond acceptors (Lipinski definition) is 6. The van der Waals surface area contributed by atoms with E-state index in [9.17, 15) is 0 Å². The van der Waals surface area contributed by atoms with Gasteiger partial charge in [-0.15, -0.1) is 10.2 Å². The fourth-order valence-corrected chi connectivity index (χ4v) is 1.25. The van der Waals surface area contributed by atoms with E-state index in [-0.39, 0.29) is 0 Å². The molecule has 0 aliphatic heterocycles. The average molecular weight is 214 g/mol. The van der Waals surface area contributed by atoms with E-state index in [0.717, 1.165) is 5.56 Å². The van der Waals surface area contributed by atoms with Crippen LogP contribution in [0, 0.1) is 0 Å². The number of rotatable bonds is 2. The van der Waals surface area contributed by atoms with Crippen molar-refractivity contribution in [1.29, 1.82) is 0 Å². The van der Waals surface area contributed by atoms with Crippen molar-refractivity contribution in [2.75, 3.05) is 0 Å². The van der Waals surface area contributed by atoms with Gasteiger partial charge in [-0.2, -0.15) is 0 Å². The van der Waals surface area contributed by atoms with E-state index in [0.29, 0.717) is 17.5 Å². The third-order valence-electron chi connectivity index (χ3n) is 1.98. The molecule has 0 saturated heterocycles. The molecule has 78 valence electrons. The van der Waals surface area contributed by atoms with E-state index >= 15 is 0 Å². The van der Waals surface area contributed by atoms with Gasteiger partial charge in [-0.25, -0.2) is 0 Å². The van der Waals surface area contributed by atoms with Gasteiger partial charge in [0, 0.05) is 18.5 Å². The quantitative estimate of drug-likeness (QED) is 0.647. The van der Waals surface area contributed by atoms with Gasteiger partial charge in [0.1, 0.15) is 0 Å². The third kappa shape index (κ3) is 1.46. The van der Waals surface area contributed by atoms with Crippen LogP contribution in [-0.4, -0.2) is 20.3 Å². The second-order valence-electron chi connectivity index (χ2n) is 3.03. The molecule has 3 rings (SSSR count). The Bertz CT molecular complexity index is 574. The zero-order valence-electron chi connectivity index (χ0n) is 8.07. The lowest BCUT2D eigenvalue weighted by Gasteiger charge is -1.90. The van der Waals surface area contributed by atoms with Gasteiger partial charge in [0.05, 0.1) is 11.8 Å². The molecule has 0 atom stereocenters. The maximum Gasteiger partial charge on any atom is 0.286 e. The van der Waals surface area contributed by atoms with Crippen LogP contribution in [0.2, 0.25) is 0 Å². The molecule has 0 amide bonds. The van der Waals surface area contributed by atoms with E-state index in [4.69, 9.17) is 8.94 Å². The van der Waals surface area contributed by atoms with Crippen molar-refractivity contribution in [3.05, 3.63) is 36.8 Å². The fraction of sp³-hybridized carbons (Fsp3) is 0. The summed E-state index contributed by atoms with van der Waals surface area (Å²) in [7, 11) is 0. The van der Waals surface area contributed by atoms with Crippen molar-refractivity contribution in [2.24, 2.45) is 0 Å². The van der Waals surface area contributed by atoms with Gasteiger partial charge in [0.25, 0.3) is 5.89 Å². The van der Waals surface area contributed by atoms with Gasteiger partial charge < -0.3 is 8.94 Å². The highest BCUT2D eigenvalue weighted by Crippen LogP contribution is 2.22. The molecule has 0 fully saturated rings. The zero-order valence-corrected chi connectivity index (χ0v) is 8.07. The van der Waals surface area contributed by atoms with Crippen LogP contribution in [0.4, 0.5) is 0 Å². The summed E-state index contributed by atoms with van der Waals surface area (Å²) in [4.78, 5) is 3.97. The Morgan fingerprint density at radius 1 is 1.00 bits per heavy atom. The normalized spacial score (nSPS) is 10.5. The predicted octanol–water partition coefficient (Wildman–Crippen LogP) is 1.79. The molecule has 6 nitrogen and oxygen atoms in total. The van der Waals surface area contributed by atoms with Crippen molar-refractivity contribution in [3.8, 4) is 23.1 Å². The first-order valence-corrected chi connectivity index (χ1v) is 4.58. The molecule has 3 heterocycles. The molecular weight excluding hydrogens is 208 g/mol. The lowest BCUT2D eigenvalue weighted by Crippen LogP contribution is -1.78. The van der Waals surface area contributed by atoms with Crippen LogP contribution in [-0.2, 0) is 0 Å². The van der Waals surface area contributed by atoms with E-state index in [2.05, 4.69) is 20.3 Å². The van der Waals surface area contributed by atoms with Gasteiger partial charge in [0.2, 0.25) is 11.7 Å². The molecule has 0 aliphatic rings. The maximum absolute atomic E-state index is 5.42. The van der Waals surface area contributed by atoms with Gasteiger partial charge in [-0.05, 0) is 12.1 Å². The van der Waals surface area contributed by atoms with Gasteiger partial charge in [-0.3, -0.25) is 4.98 Å². The molecule has 0 saturated carbocycles. The highest BCUT2D eigenvalue weighted by atomic mass is 16.5. The van der Waals surface area contributed by atoms with Crippen molar-refractivity contribution < 1.29 is 8.94 Å². The smallest absolute Gasteiger partial charge is 0.286 e. The Morgan fingerprint density at radius 3 is 2.69 bits per heavy atom. The Hall–Kier alpha value is -2.50. The highest BCUT2D eigenvalue weighted by molar-refractivity contribution is 5.53. The molecule has 6 heteroatoms. The molecule has 3 aromatic heterocycles. The minimum atomic E-state index is 0.302. The summed E-state index contributed by atoms with van der Waals surface area (Å²) >= 11 is 0. The summed E-state index contributed by atoms with van der Waals surface area (Å²) in [6.07, 6.45) is 4.85. The zero-order chi connectivity index (χ0) is 10.8. The Balaban J connectivity index is 2.00. The minimum Gasteiger partial charge on any atom is -0.413 e. The summed E-state index contributed by atoms with van der Waals surface area (Å²) in [5.74, 6) is 1.15. The van der Waals surface area contributed by atoms with Crippen molar-refractivity contribution in [2.45, 2.75) is 0 Å². The molecule has 0 radical (unpaired) electrons. The van der Waals surface area contributed by atoms with Crippen molar-refractivity contribution in [1.82, 2.24) is 20.3 Å². The standard InChI is InChI=1S/C10H6N4O2/c1-2-7(6-11-4-1)9-13-14-10(15-9)8-3-5-12-16-8/h1-6H. The van der Waals surface area contributed by atoms with Gasteiger partial charge >= 0.3 is 0 Å². The van der Waals surface area contributed by atoms with Crippen LogP contribution in [0.15, 0.2) is 45.7 Å². The molecule has 0 bridgehead atoms. The van der Waals surface area contributed by atoms with Gasteiger partial charge in [0.15, 0.2) is 0 Å². The van der Waals surface area contributed by atoms with E-state index in [1.807, 2.05) is 6.07 Å². The van der Waals surface area contributed by atoms with Crippen molar-refractivity contribution >= 4 is 0 Å². The van der Waals surface area contributed by atoms with E-state index in [1.165, 1.54) is 6.20 Å². The number of pyridine rings is 1. The van der Waals surface area contributed by atoms with Crippen LogP contribution < -0.4 is 0 Å². The minimum absolute atomic E-state index is 0.302.